The second kappa shape index (κ2) is 5.18. The molecule has 3 heterocycles. The summed E-state index contributed by atoms with van der Waals surface area (Å²) in [6, 6.07) is 5.44. The molecule has 0 radical (unpaired) electrons. The molecule has 3 aromatic rings. The lowest BCUT2D eigenvalue weighted by atomic mass is 10.2. The number of rotatable bonds is 4. The van der Waals surface area contributed by atoms with E-state index in [4.69, 9.17) is 8.83 Å². The number of hydrogen-bond acceptors (Lipinski definition) is 5. The van der Waals surface area contributed by atoms with Crippen molar-refractivity contribution in [1.82, 2.24) is 9.78 Å². The molecule has 0 aliphatic rings. The molecule has 0 N–H and O–H groups in total. The Morgan fingerprint density at radius 2 is 2.21 bits per heavy atom. The van der Waals surface area contributed by atoms with Crippen LogP contribution in [-0.2, 0) is 13.0 Å². The van der Waals surface area contributed by atoms with Gasteiger partial charge in [-0.1, -0.05) is 0 Å². The van der Waals surface area contributed by atoms with Gasteiger partial charge in [0.25, 0.3) is 5.89 Å². The number of hydrogen-bond donors (Lipinski definition) is 0. The number of aryl methyl sites for hydroxylation is 2. The normalized spacial score (nSPS) is 11.0. The van der Waals surface area contributed by atoms with Crippen molar-refractivity contribution in [2.75, 3.05) is 0 Å². The van der Waals surface area contributed by atoms with Crippen LogP contribution in [0, 0.1) is 0 Å². The predicted molar refractivity (Wildman–Crippen MR) is 74.2 cm³/mol. The Hall–Kier alpha value is -1.60. The van der Waals surface area contributed by atoms with Crippen molar-refractivity contribution in [3.63, 3.8) is 0 Å². The largest absolute Gasteiger partial charge is 0.444 e. The predicted octanol–water partition coefficient (Wildman–Crippen LogP) is 3.16. The first-order chi connectivity index (χ1) is 9.22. The van der Waals surface area contributed by atoms with Crippen LogP contribution < -0.4 is 5.76 Å². The highest BCUT2D eigenvalue weighted by molar-refractivity contribution is 9.10. The van der Waals surface area contributed by atoms with Crippen LogP contribution in [0.5, 0.6) is 0 Å². The fourth-order valence-corrected chi connectivity index (χ4v) is 2.66. The zero-order valence-corrected chi connectivity index (χ0v) is 12.1. The van der Waals surface area contributed by atoms with Gasteiger partial charge in [-0.15, -0.1) is 5.10 Å². The van der Waals surface area contributed by atoms with Crippen LogP contribution in [0.3, 0.4) is 0 Å². The van der Waals surface area contributed by atoms with Crippen molar-refractivity contribution in [2.24, 2.45) is 0 Å². The minimum Gasteiger partial charge on any atom is -0.444 e. The lowest BCUT2D eigenvalue weighted by Crippen LogP contribution is -2.17. The molecule has 0 unspecified atom stereocenters. The molecule has 0 spiro atoms. The summed E-state index contributed by atoms with van der Waals surface area (Å²) in [5.41, 5.74) is 1.18. The maximum Gasteiger partial charge on any atom is 0.437 e. The van der Waals surface area contributed by atoms with E-state index < -0.39 is 5.76 Å². The maximum atomic E-state index is 11.7. The quantitative estimate of drug-likeness (QED) is 0.731. The highest BCUT2D eigenvalue weighted by Crippen LogP contribution is 2.22. The molecule has 3 aromatic heterocycles. The van der Waals surface area contributed by atoms with E-state index in [1.54, 1.807) is 23.5 Å². The smallest absolute Gasteiger partial charge is 0.437 e. The van der Waals surface area contributed by atoms with Crippen LogP contribution in [0.25, 0.3) is 11.7 Å². The fraction of sp³-hybridized carbons (Fsp3) is 0.167. The number of furan rings is 1. The Labute approximate surface area is 120 Å². The van der Waals surface area contributed by atoms with Gasteiger partial charge in [0.15, 0.2) is 10.4 Å². The number of aromatic nitrogens is 2. The van der Waals surface area contributed by atoms with Gasteiger partial charge in [-0.3, -0.25) is 0 Å². The van der Waals surface area contributed by atoms with E-state index in [2.05, 4.69) is 26.4 Å². The average Bonchev–Trinajstić information content (AvgIpc) is 3.08. The zero-order chi connectivity index (χ0) is 13.2. The van der Waals surface area contributed by atoms with E-state index in [-0.39, 0.29) is 5.89 Å². The van der Waals surface area contributed by atoms with Crippen molar-refractivity contribution in [3.8, 4) is 11.7 Å². The standard InChI is InChI=1S/C12H9BrN2O3S/c13-10-2-1-9(17-10)11-14-15(12(16)18-11)5-3-8-4-6-19-7-8/h1-2,4,6-7H,3,5H2. The summed E-state index contributed by atoms with van der Waals surface area (Å²) in [4.78, 5) is 11.7. The first-order valence-electron chi connectivity index (χ1n) is 5.57. The molecule has 0 aromatic carbocycles. The van der Waals surface area contributed by atoms with E-state index in [1.165, 1.54) is 10.2 Å². The molecule has 3 rings (SSSR count). The van der Waals surface area contributed by atoms with Crippen LogP contribution in [0.4, 0.5) is 0 Å². The van der Waals surface area contributed by atoms with Gasteiger partial charge in [0, 0.05) is 0 Å². The molecule has 0 aliphatic carbocycles. The summed E-state index contributed by atoms with van der Waals surface area (Å²) >= 11 is 4.82. The topological polar surface area (TPSA) is 61.2 Å². The van der Waals surface area contributed by atoms with E-state index in [9.17, 15) is 4.79 Å². The number of thiophene rings is 1. The number of halogens is 1. The van der Waals surface area contributed by atoms with Gasteiger partial charge in [-0.05, 0) is 56.9 Å². The second-order valence-corrected chi connectivity index (χ2v) is 5.44. The van der Waals surface area contributed by atoms with E-state index in [0.717, 1.165) is 6.42 Å². The molecule has 19 heavy (non-hydrogen) atoms. The minimum atomic E-state index is -0.474. The SMILES string of the molecule is O=c1oc(-c2ccc(Br)o2)nn1CCc1ccsc1. The summed E-state index contributed by atoms with van der Waals surface area (Å²) in [6.07, 6.45) is 0.747. The summed E-state index contributed by atoms with van der Waals surface area (Å²) in [5.74, 6) is 0.150. The van der Waals surface area contributed by atoms with Gasteiger partial charge in [-0.25, -0.2) is 4.79 Å². The fourth-order valence-electron chi connectivity index (χ4n) is 1.65. The van der Waals surface area contributed by atoms with Crippen LogP contribution in [0.1, 0.15) is 5.56 Å². The Morgan fingerprint density at radius 3 is 2.89 bits per heavy atom. The molecular weight excluding hydrogens is 332 g/mol. The molecule has 0 aliphatic heterocycles. The van der Waals surface area contributed by atoms with Gasteiger partial charge in [0.05, 0.1) is 6.54 Å². The summed E-state index contributed by atoms with van der Waals surface area (Å²) in [7, 11) is 0. The Bertz CT molecular complexity index is 726. The van der Waals surface area contributed by atoms with Crippen molar-refractivity contribution < 1.29 is 8.83 Å². The highest BCUT2D eigenvalue weighted by atomic mass is 79.9. The van der Waals surface area contributed by atoms with Crippen LogP contribution in [0.2, 0.25) is 0 Å². The van der Waals surface area contributed by atoms with E-state index in [1.807, 2.05) is 11.4 Å². The van der Waals surface area contributed by atoms with Crippen molar-refractivity contribution in [2.45, 2.75) is 13.0 Å². The summed E-state index contributed by atoms with van der Waals surface area (Å²) in [5, 5.41) is 8.18. The third-order valence-corrected chi connectivity index (χ3v) is 3.74. The Morgan fingerprint density at radius 1 is 1.32 bits per heavy atom. The number of nitrogens with zero attached hydrogens (tertiary/aromatic N) is 2. The first-order valence-corrected chi connectivity index (χ1v) is 7.31. The maximum absolute atomic E-state index is 11.7. The second-order valence-electron chi connectivity index (χ2n) is 3.88. The van der Waals surface area contributed by atoms with Crippen LogP contribution >= 0.6 is 27.3 Å². The Kier molecular flexibility index (Phi) is 3.39. The van der Waals surface area contributed by atoms with E-state index >= 15 is 0 Å². The molecule has 98 valence electrons. The molecule has 0 saturated heterocycles. The van der Waals surface area contributed by atoms with Gasteiger partial charge in [0.1, 0.15) is 0 Å². The zero-order valence-electron chi connectivity index (χ0n) is 9.71. The highest BCUT2D eigenvalue weighted by Gasteiger charge is 2.13. The van der Waals surface area contributed by atoms with Crippen molar-refractivity contribution in [1.29, 1.82) is 0 Å². The lowest BCUT2D eigenvalue weighted by molar-refractivity contribution is 0.465. The molecular formula is C12H9BrN2O3S. The van der Waals surface area contributed by atoms with Crippen molar-refractivity contribution >= 4 is 27.3 Å². The van der Waals surface area contributed by atoms with Gasteiger partial charge in [0.2, 0.25) is 0 Å². The molecule has 0 bridgehead atoms. The van der Waals surface area contributed by atoms with Crippen LogP contribution in [0.15, 0.2) is 47.3 Å². The molecule has 0 saturated carbocycles. The molecule has 7 heteroatoms. The molecule has 0 atom stereocenters. The lowest BCUT2D eigenvalue weighted by Gasteiger charge is -1.95. The van der Waals surface area contributed by atoms with Crippen LogP contribution in [-0.4, -0.2) is 9.78 Å². The third kappa shape index (κ3) is 2.71. The van der Waals surface area contributed by atoms with Gasteiger partial charge in [-0.2, -0.15) is 16.0 Å². The van der Waals surface area contributed by atoms with E-state index in [0.29, 0.717) is 17.0 Å². The third-order valence-electron chi connectivity index (χ3n) is 2.58. The molecule has 5 nitrogen and oxygen atoms in total. The van der Waals surface area contributed by atoms with Crippen molar-refractivity contribution in [3.05, 3.63) is 49.7 Å². The summed E-state index contributed by atoms with van der Waals surface area (Å²) in [6.45, 7) is 0.487. The molecule has 0 fully saturated rings. The summed E-state index contributed by atoms with van der Waals surface area (Å²) < 4.78 is 12.2. The van der Waals surface area contributed by atoms with Gasteiger partial charge < -0.3 is 8.83 Å². The minimum absolute atomic E-state index is 0.195. The monoisotopic (exact) mass is 340 g/mol. The Balaban J connectivity index is 1.80. The average molecular weight is 341 g/mol. The first kappa shape index (κ1) is 12.4. The van der Waals surface area contributed by atoms with Gasteiger partial charge >= 0.3 is 5.76 Å². The molecule has 0 amide bonds.